The van der Waals surface area contributed by atoms with Gasteiger partial charge in [0.2, 0.25) is 5.91 Å². The molecule has 0 bridgehead atoms. The van der Waals surface area contributed by atoms with Gasteiger partial charge in [-0.25, -0.2) is 8.42 Å². The summed E-state index contributed by atoms with van der Waals surface area (Å²) in [7, 11) is -3.75. The molecule has 3 aromatic carbocycles. The summed E-state index contributed by atoms with van der Waals surface area (Å²) in [6.45, 7) is 0.270. The molecular weight excluding hydrogens is 450 g/mol. The summed E-state index contributed by atoms with van der Waals surface area (Å²) in [4.78, 5) is 25.2. The van der Waals surface area contributed by atoms with Crippen LogP contribution in [0.1, 0.15) is 41.6 Å². The van der Waals surface area contributed by atoms with Crippen LogP contribution in [0.5, 0.6) is 0 Å². The summed E-state index contributed by atoms with van der Waals surface area (Å²) in [5, 5.41) is 5.81. The van der Waals surface area contributed by atoms with Gasteiger partial charge in [-0.2, -0.15) is 0 Å². The van der Waals surface area contributed by atoms with Crippen LogP contribution in [0.3, 0.4) is 0 Å². The molecule has 7 nitrogen and oxygen atoms in total. The Morgan fingerprint density at radius 2 is 1.53 bits per heavy atom. The lowest BCUT2D eigenvalue weighted by Gasteiger charge is -2.12. The molecule has 0 radical (unpaired) electrons. The molecule has 34 heavy (non-hydrogen) atoms. The van der Waals surface area contributed by atoms with Crippen molar-refractivity contribution in [2.24, 2.45) is 5.92 Å². The van der Waals surface area contributed by atoms with Crippen LogP contribution in [0.25, 0.3) is 0 Å². The summed E-state index contributed by atoms with van der Waals surface area (Å²) in [5.74, 6) is -0.204. The van der Waals surface area contributed by atoms with Gasteiger partial charge in [-0.05, 0) is 60.9 Å². The van der Waals surface area contributed by atoms with E-state index in [0.29, 0.717) is 16.9 Å². The van der Waals surface area contributed by atoms with Gasteiger partial charge in [0.05, 0.1) is 4.90 Å². The fraction of sp³-hybridized carbons (Fsp3) is 0.231. The van der Waals surface area contributed by atoms with E-state index in [-0.39, 0.29) is 29.2 Å². The predicted octanol–water partition coefficient (Wildman–Crippen LogP) is 4.55. The van der Waals surface area contributed by atoms with E-state index in [4.69, 9.17) is 0 Å². The van der Waals surface area contributed by atoms with Crippen molar-refractivity contribution in [2.45, 2.75) is 37.1 Å². The molecule has 176 valence electrons. The molecular formula is C26H27N3O4S. The molecule has 0 atom stereocenters. The number of hydrogen-bond acceptors (Lipinski definition) is 4. The Morgan fingerprint density at radius 3 is 2.29 bits per heavy atom. The monoisotopic (exact) mass is 477 g/mol. The van der Waals surface area contributed by atoms with Crippen LogP contribution >= 0.6 is 0 Å². The van der Waals surface area contributed by atoms with Crippen molar-refractivity contribution >= 4 is 33.2 Å². The average Bonchev–Trinajstić information content (AvgIpc) is 3.39. The van der Waals surface area contributed by atoms with E-state index in [1.807, 2.05) is 24.3 Å². The normalized spacial score (nSPS) is 13.9. The minimum absolute atomic E-state index is 0.0495. The average molecular weight is 478 g/mol. The Kier molecular flexibility index (Phi) is 7.27. The largest absolute Gasteiger partial charge is 0.348 e. The van der Waals surface area contributed by atoms with Gasteiger partial charge in [0.1, 0.15) is 0 Å². The van der Waals surface area contributed by atoms with Crippen molar-refractivity contribution in [3.63, 3.8) is 0 Å². The van der Waals surface area contributed by atoms with Crippen LogP contribution in [0.4, 0.5) is 11.4 Å². The lowest BCUT2D eigenvalue weighted by molar-refractivity contribution is -0.119. The number of carbonyl (C=O) groups excluding carboxylic acids is 2. The van der Waals surface area contributed by atoms with E-state index in [0.717, 1.165) is 31.2 Å². The van der Waals surface area contributed by atoms with Crippen LogP contribution in [-0.4, -0.2) is 20.2 Å². The Morgan fingerprint density at radius 1 is 0.824 bits per heavy atom. The molecule has 0 unspecified atom stereocenters. The molecule has 8 heteroatoms. The fourth-order valence-corrected chi connectivity index (χ4v) is 5.08. The van der Waals surface area contributed by atoms with Crippen molar-refractivity contribution in [2.75, 3.05) is 10.0 Å². The Labute approximate surface area is 199 Å². The van der Waals surface area contributed by atoms with E-state index in [1.54, 1.807) is 36.4 Å². The molecule has 1 aliphatic carbocycles. The number of nitrogens with one attached hydrogen (secondary N) is 3. The maximum absolute atomic E-state index is 12.7. The van der Waals surface area contributed by atoms with Crippen molar-refractivity contribution in [3.8, 4) is 0 Å². The Hall–Kier alpha value is -3.65. The number of sulfonamides is 1. The zero-order valence-corrected chi connectivity index (χ0v) is 19.5. The lowest BCUT2D eigenvalue weighted by atomic mass is 10.1. The Balaban J connectivity index is 1.37. The maximum Gasteiger partial charge on any atom is 0.261 e. The highest BCUT2D eigenvalue weighted by Gasteiger charge is 2.22. The zero-order chi connectivity index (χ0) is 24.0. The molecule has 1 fully saturated rings. The standard InChI is InChI=1S/C26H27N3O4S/c30-25(21-11-7-13-23(17-21)29-34(32,33)24-14-2-1-3-15-24)27-18-19-8-6-12-22(16-19)28-26(31)20-9-4-5-10-20/h1-3,6-8,11-17,20,29H,4-5,9-10,18H2,(H,27,30)(H,28,31). The second-order valence-corrected chi connectivity index (χ2v) is 10.0. The van der Waals surface area contributed by atoms with Crippen LogP contribution in [-0.2, 0) is 21.4 Å². The number of carbonyl (C=O) groups is 2. The lowest BCUT2D eigenvalue weighted by Crippen LogP contribution is -2.23. The van der Waals surface area contributed by atoms with Gasteiger partial charge in [-0.3, -0.25) is 14.3 Å². The maximum atomic E-state index is 12.7. The second-order valence-electron chi connectivity index (χ2n) is 8.35. The third-order valence-corrected chi connectivity index (χ3v) is 7.20. The summed E-state index contributed by atoms with van der Waals surface area (Å²) >= 11 is 0. The summed E-state index contributed by atoms with van der Waals surface area (Å²) in [6.07, 6.45) is 4.06. The highest BCUT2D eigenvalue weighted by atomic mass is 32.2. The molecule has 0 spiro atoms. The topological polar surface area (TPSA) is 104 Å². The quantitative estimate of drug-likeness (QED) is 0.443. The first-order chi connectivity index (χ1) is 16.4. The highest BCUT2D eigenvalue weighted by molar-refractivity contribution is 7.92. The number of amides is 2. The van der Waals surface area contributed by atoms with Crippen LogP contribution in [0.15, 0.2) is 83.8 Å². The van der Waals surface area contributed by atoms with Crippen LogP contribution < -0.4 is 15.4 Å². The molecule has 1 aliphatic rings. The Bertz CT molecular complexity index is 1270. The second kappa shape index (κ2) is 10.5. The number of hydrogen-bond donors (Lipinski definition) is 3. The van der Waals surface area contributed by atoms with Crippen LogP contribution in [0, 0.1) is 5.92 Å². The van der Waals surface area contributed by atoms with E-state index < -0.39 is 10.0 Å². The smallest absolute Gasteiger partial charge is 0.261 e. The minimum Gasteiger partial charge on any atom is -0.348 e. The molecule has 0 aliphatic heterocycles. The number of benzene rings is 3. The van der Waals surface area contributed by atoms with Gasteiger partial charge in [0.25, 0.3) is 15.9 Å². The minimum atomic E-state index is -3.75. The van der Waals surface area contributed by atoms with Gasteiger partial charge >= 0.3 is 0 Å². The molecule has 4 rings (SSSR count). The zero-order valence-electron chi connectivity index (χ0n) is 18.7. The first kappa shape index (κ1) is 23.5. The van der Waals surface area contributed by atoms with E-state index in [9.17, 15) is 18.0 Å². The van der Waals surface area contributed by atoms with Gasteiger partial charge in [0, 0.05) is 29.4 Å². The van der Waals surface area contributed by atoms with Gasteiger partial charge in [-0.1, -0.05) is 49.2 Å². The van der Waals surface area contributed by atoms with Gasteiger partial charge < -0.3 is 10.6 Å². The fourth-order valence-electron chi connectivity index (χ4n) is 4.01. The molecule has 1 saturated carbocycles. The first-order valence-corrected chi connectivity index (χ1v) is 12.7. The number of anilines is 2. The summed E-state index contributed by atoms with van der Waals surface area (Å²) in [5.41, 5.74) is 2.19. The molecule has 2 amide bonds. The van der Waals surface area contributed by atoms with Crippen molar-refractivity contribution in [1.82, 2.24) is 5.32 Å². The molecule has 0 heterocycles. The van der Waals surface area contributed by atoms with E-state index in [2.05, 4.69) is 15.4 Å². The first-order valence-electron chi connectivity index (χ1n) is 11.3. The SMILES string of the molecule is O=C(NCc1cccc(NC(=O)C2CCCC2)c1)c1cccc(NS(=O)(=O)c2ccccc2)c1. The molecule has 3 N–H and O–H groups in total. The van der Waals surface area contributed by atoms with Crippen molar-refractivity contribution in [3.05, 3.63) is 90.0 Å². The van der Waals surface area contributed by atoms with Crippen molar-refractivity contribution in [1.29, 1.82) is 0 Å². The molecule has 0 aromatic heterocycles. The molecule has 3 aromatic rings. The van der Waals surface area contributed by atoms with Crippen molar-refractivity contribution < 1.29 is 18.0 Å². The molecule has 0 saturated heterocycles. The predicted molar refractivity (Wildman–Crippen MR) is 132 cm³/mol. The summed E-state index contributed by atoms with van der Waals surface area (Å²) in [6, 6.07) is 21.8. The van der Waals surface area contributed by atoms with E-state index in [1.165, 1.54) is 18.2 Å². The van der Waals surface area contributed by atoms with Crippen LogP contribution in [0.2, 0.25) is 0 Å². The van der Waals surface area contributed by atoms with Gasteiger partial charge in [0.15, 0.2) is 0 Å². The van der Waals surface area contributed by atoms with Gasteiger partial charge in [-0.15, -0.1) is 0 Å². The third kappa shape index (κ3) is 6.02. The van der Waals surface area contributed by atoms with E-state index >= 15 is 0 Å². The number of rotatable bonds is 8. The highest BCUT2D eigenvalue weighted by Crippen LogP contribution is 2.26. The third-order valence-electron chi connectivity index (χ3n) is 5.80. The summed E-state index contributed by atoms with van der Waals surface area (Å²) < 4.78 is 27.6.